The Hall–Kier alpha value is -1.89. The van der Waals surface area contributed by atoms with Crippen LogP contribution in [0.15, 0.2) is 24.5 Å². The second kappa shape index (κ2) is 5.14. The third-order valence-corrected chi connectivity index (χ3v) is 5.64. The molecular weight excluding hydrogens is 292 g/mol. The zero-order chi connectivity index (χ0) is 15.0. The molecule has 2 aromatic rings. The van der Waals surface area contributed by atoms with Crippen molar-refractivity contribution in [1.82, 2.24) is 9.38 Å². The van der Waals surface area contributed by atoms with E-state index in [1.54, 1.807) is 10.6 Å². The van der Waals surface area contributed by atoms with Gasteiger partial charge in [-0.3, -0.25) is 0 Å². The summed E-state index contributed by atoms with van der Waals surface area (Å²) in [4.78, 5) is 15.4. The minimum absolute atomic E-state index is 0.211. The summed E-state index contributed by atoms with van der Waals surface area (Å²) >= 11 is 0. The van der Waals surface area contributed by atoms with Crippen LogP contribution in [0.5, 0.6) is 0 Å². The molecule has 1 N–H and O–H groups in total. The maximum atomic E-state index is 11.4. The number of nitrogens with zero attached hydrogens (tertiary/aromatic N) is 2. The van der Waals surface area contributed by atoms with Crippen LogP contribution >= 0.6 is 0 Å². The summed E-state index contributed by atoms with van der Waals surface area (Å²) in [5.41, 5.74) is 1.69. The average molecular weight is 308 g/mol. The van der Waals surface area contributed by atoms with Crippen LogP contribution in [-0.4, -0.2) is 40.4 Å². The van der Waals surface area contributed by atoms with Gasteiger partial charge in [-0.25, -0.2) is 18.2 Å². The Morgan fingerprint density at radius 2 is 2.10 bits per heavy atom. The Kier molecular flexibility index (Phi) is 3.44. The fourth-order valence-corrected chi connectivity index (χ4v) is 4.29. The van der Waals surface area contributed by atoms with E-state index in [1.165, 1.54) is 12.1 Å². The molecule has 0 saturated carbocycles. The van der Waals surface area contributed by atoms with Gasteiger partial charge in [-0.2, -0.15) is 0 Å². The van der Waals surface area contributed by atoms with Gasteiger partial charge >= 0.3 is 5.97 Å². The molecule has 112 valence electrons. The van der Waals surface area contributed by atoms with E-state index in [0.29, 0.717) is 24.4 Å². The summed E-state index contributed by atoms with van der Waals surface area (Å²) < 4.78 is 24.6. The van der Waals surface area contributed by atoms with Crippen LogP contribution in [-0.2, 0) is 16.3 Å². The third kappa shape index (κ3) is 3.07. The van der Waals surface area contributed by atoms with Crippen LogP contribution in [0, 0.1) is 5.92 Å². The smallest absolute Gasteiger partial charge is 0.335 e. The average Bonchev–Trinajstić information content (AvgIpc) is 2.82. The van der Waals surface area contributed by atoms with Crippen molar-refractivity contribution in [2.75, 3.05) is 11.5 Å². The van der Waals surface area contributed by atoms with Crippen molar-refractivity contribution in [3.63, 3.8) is 0 Å². The third-order valence-electron chi connectivity index (χ3n) is 3.93. The maximum absolute atomic E-state index is 11.4. The Morgan fingerprint density at radius 1 is 1.38 bits per heavy atom. The highest BCUT2D eigenvalue weighted by Crippen LogP contribution is 2.23. The van der Waals surface area contributed by atoms with Gasteiger partial charge in [-0.05, 0) is 37.3 Å². The molecule has 1 aliphatic rings. The predicted molar refractivity (Wildman–Crippen MR) is 77.2 cm³/mol. The van der Waals surface area contributed by atoms with Crippen molar-refractivity contribution in [3.05, 3.63) is 35.8 Å². The van der Waals surface area contributed by atoms with Crippen molar-refractivity contribution >= 4 is 21.5 Å². The Morgan fingerprint density at radius 3 is 2.76 bits per heavy atom. The van der Waals surface area contributed by atoms with Crippen molar-refractivity contribution in [3.8, 4) is 0 Å². The largest absolute Gasteiger partial charge is 0.478 e. The number of fused-ring (bicyclic) bond motifs is 1. The first-order chi connectivity index (χ1) is 9.93. The van der Waals surface area contributed by atoms with E-state index in [2.05, 4.69) is 4.98 Å². The zero-order valence-corrected chi connectivity index (χ0v) is 12.2. The number of carbonyl (C=O) groups is 1. The van der Waals surface area contributed by atoms with Crippen molar-refractivity contribution in [2.24, 2.45) is 5.92 Å². The molecule has 1 saturated heterocycles. The van der Waals surface area contributed by atoms with Crippen LogP contribution in [0.4, 0.5) is 0 Å². The van der Waals surface area contributed by atoms with E-state index in [1.807, 2.05) is 6.20 Å². The second-order valence-corrected chi connectivity index (χ2v) is 7.82. The number of carboxylic acids is 1. The molecule has 0 aromatic carbocycles. The van der Waals surface area contributed by atoms with Crippen LogP contribution in [0.25, 0.3) is 5.65 Å². The molecule has 3 heterocycles. The number of hydrogen-bond acceptors (Lipinski definition) is 4. The molecule has 1 aliphatic heterocycles. The Labute approximate surface area is 122 Å². The van der Waals surface area contributed by atoms with E-state index in [0.717, 1.165) is 12.1 Å². The van der Waals surface area contributed by atoms with Gasteiger partial charge in [-0.1, -0.05) is 0 Å². The van der Waals surface area contributed by atoms with E-state index in [4.69, 9.17) is 5.11 Å². The number of hydrogen-bond donors (Lipinski definition) is 1. The highest BCUT2D eigenvalue weighted by atomic mass is 32.2. The first-order valence-corrected chi connectivity index (χ1v) is 8.66. The summed E-state index contributed by atoms with van der Waals surface area (Å²) in [6.45, 7) is 0. The van der Waals surface area contributed by atoms with Gasteiger partial charge in [0.1, 0.15) is 15.5 Å². The molecule has 2 aromatic heterocycles. The summed E-state index contributed by atoms with van der Waals surface area (Å²) in [7, 11) is -2.84. The molecule has 0 amide bonds. The minimum atomic E-state index is -2.84. The fraction of sp³-hybridized carbons (Fsp3) is 0.429. The molecule has 6 nitrogen and oxygen atoms in total. The van der Waals surface area contributed by atoms with Crippen LogP contribution in [0.1, 0.15) is 28.9 Å². The first-order valence-electron chi connectivity index (χ1n) is 6.84. The number of sulfone groups is 1. The Balaban J connectivity index is 1.77. The van der Waals surface area contributed by atoms with Crippen LogP contribution in [0.2, 0.25) is 0 Å². The van der Waals surface area contributed by atoms with E-state index < -0.39 is 15.8 Å². The van der Waals surface area contributed by atoms with E-state index in [9.17, 15) is 13.2 Å². The second-order valence-electron chi connectivity index (χ2n) is 5.52. The monoisotopic (exact) mass is 308 g/mol. The fourth-order valence-electron chi connectivity index (χ4n) is 2.70. The highest BCUT2D eigenvalue weighted by molar-refractivity contribution is 7.91. The summed E-state index contributed by atoms with van der Waals surface area (Å²) in [5, 5.41) is 8.97. The summed E-state index contributed by atoms with van der Waals surface area (Å²) in [6, 6.07) is 3.07. The molecule has 7 heteroatoms. The van der Waals surface area contributed by atoms with Gasteiger partial charge in [0, 0.05) is 12.4 Å². The summed E-state index contributed by atoms with van der Waals surface area (Å²) in [6.07, 6.45) is 5.65. The van der Waals surface area contributed by atoms with E-state index >= 15 is 0 Å². The van der Waals surface area contributed by atoms with E-state index in [-0.39, 0.29) is 17.1 Å². The Bertz CT molecular complexity index is 780. The molecule has 1 fully saturated rings. The number of aromatic nitrogens is 2. The number of pyridine rings is 1. The van der Waals surface area contributed by atoms with Gasteiger partial charge in [-0.15, -0.1) is 0 Å². The number of imidazole rings is 1. The quantitative estimate of drug-likeness (QED) is 0.926. The molecule has 0 atom stereocenters. The van der Waals surface area contributed by atoms with Crippen molar-refractivity contribution in [1.29, 1.82) is 0 Å². The van der Waals surface area contributed by atoms with Gasteiger partial charge < -0.3 is 9.51 Å². The molecule has 0 aliphatic carbocycles. The van der Waals surface area contributed by atoms with Gasteiger partial charge in [0.15, 0.2) is 0 Å². The molecule has 21 heavy (non-hydrogen) atoms. The number of rotatable bonds is 3. The zero-order valence-electron chi connectivity index (χ0n) is 11.4. The minimum Gasteiger partial charge on any atom is -0.478 e. The lowest BCUT2D eigenvalue weighted by atomic mass is 9.97. The molecule has 0 unspecified atom stereocenters. The van der Waals surface area contributed by atoms with Crippen LogP contribution in [0.3, 0.4) is 0 Å². The molecule has 0 radical (unpaired) electrons. The molecule has 0 bridgehead atoms. The number of carboxylic acid groups (broad SMARTS) is 1. The standard InChI is InChI=1S/C14H16N2O4S/c17-14(18)11-1-4-16-9-12(15-13(16)8-11)7-10-2-5-21(19,20)6-3-10/h1,4,8-10H,2-3,5-7H2,(H,17,18). The lowest BCUT2D eigenvalue weighted by Crippen LogP contribution is -2.24. The molecule has 0 spiro atoms. The first kappa shape index (κ1) is 14.1. The lowest BCUT2D eigenvalue weighted by Gasteiger charge is -2.20. The molecule has 3 rings (SSSR count). The maximum Gasteiger partial charge on any atom is 0.335 e. The molecular formula is C14H16N2O4S. The van der Waals surface area contributed by atoms with Gasteiger partial charge in [0.2, 0.25) is 0 Å². The predicted octanol–water partition coefficient (Wildman–Crippen LogP) is 1.40. The highest BCUT2D eigenvalue weighted by Gasteiger charge is 2.24. The van der Waals surface area contributed by atoms with Gasteiger partial charge in [0.05, 0.1) is 22.8 Å². The normalized spacial score (nSPS) is 18.9. The number of aromatic carboxylic acids is 1. The SMILES string of the molecule is O=C(O)c1ccn2cc(CC3CCS(=O)(=O)CC3)nc2c1. The van der Waals surface area contributed by atoms with Crippen molar-refractivity contribution in [2.45, 2.75) is 19.3 Å². The lowest BCUT2D eigenvalue weighted by molar-refractivity contribution is 0.0697. The van der Waals surface area contributed by atoms with Crippen LogP contribution < -0.4 is 0 Å². The topological polar surface area (TPSA) is 88.7 Å². The summed E-state index contributed by atoms with van der Waals surface area (Å²) in [5.74, 6) is -0.125. The van der Waals surface area contributed by atoms with Gasteiger partial charge in [0.25, 0.3) is 0 Å². The van der Waals surface area contributed by atoms with Crippen molar-refractivity contribution < 1.29 is 18.3 Å².